The molecular weight excluding hydrogens is 536 g/mol. The highest BCUT2D eigenvalue weighted by atomic mass is 35.5. The second-order valence-corrected chi connectivity index (χ2v) is 10.2. The van der Waals surface area contributed by atoms with E-state index in [4.69, 9.17) is 22.1 Å². The average Bonchev–Trinajstić information content (AvgIpc) is 3.30. The Morgan fingerprint density at radius 3 is 2.17 bits per heavy atom. The van der Waals surface area contributed by atoms with E-state index in [9.17, 15) is 14.7 Å². The number of benzene rings is 5. The van der Waals surface area contributed by atoms with Gasteiger partial charge in [0.15, 0.2) is 6.61 Å². The van der Waals surface area contributed by atoms with E-state index in [1.165, 1.54) is 0 Å². The maximum atomic E-state index is 12.6. The highest BCUT2D eigenvalue weighted by Crippen LogP contribution is 2.41. The van der Waals surface area contributed by atoms with E-state index >= 15 is 0 Å². The number of nitrogens with two attached hydrogens (primary N) is 1. The summed E-state index contributed by atoms with van der Waals surface area (Å²) in [5, 5.41) is 11.3. The van der Waals surface area contributed by atoms with Gasteiger partial charge < -0.3 is 20.1 Å². The molecule has 0 bridgehead atoms. The van der Waals surface area contributed by atoms with E-state index < -0.39 is 18.5 Å². The Hall–Kier alpha value is -5.07. The van der Waals surface area contributed by atoms with Crippen molar-refractivity contribution in [1.29, 1.82) is 0 Å². The van der Waals surface area contributed by atoms with Gasteiger partial charge in [0, 0.05) is 22.5 Å². The average molecular weight is 561 g/mol. The molecule has 0 fully saturated rings. The fourth-order valence-electron chi connectivity index (χ4n) is 5.32. The molecule has 6 rings (SSSR count). The molecule has 6 nitrogen and oxygen atoms in total. The van der Waals surface area contributed by atoms with Gasteiger partial charge in [-0.3, -0.25) is 4.79 Å². The van der Waals surface area contributed by atoms with E-state index in [0.29, 0.717) is 33.7 Å². The number of carbonyl (C=O) groups is 2. The van der Waals surface area contributed by atoms with Gasteiger partial charge in [-0.25, -0.2) is 4.79 Å². The molecule has 1 heterocycles. The summed E-state index contributed by atoms with van der Waals surface area (Å²) < 4.78 is 7.98. The molecule has 0 radical (unpaired) electrons. The third-order valence-electron chi connectivity index (χ3n) is 7.12. The number of carboxylic acid groups (broad SMARTS) is 1. The zero-order valence-electron chi connectivity index (χ0n) is 21.9. The van der Waals surface area contributed by atoms with Crippen LogP contribution in [0.1, 0.15) is 15.9 Å². The fraction of sp³-hybridized carbons (Fsp3) is 0.0588. The number of hydrogen-bond acceptors (Lipinski definition) is 3. The van der Waals surface area contributed by atoms with Crippen LogP contribution in [-0.4, -0.2) is 28.2 Å². The standard InChI is InChI=1S/C34H25ClN2O4/c35-26-14-12-23(13-15-26)25-17-29-33(30(18-25)41-20-31(38)39)32-27(34(36)40)10-5-11-28(32)37(29)19-21-6-4-9-24(16-21)22-7-2-1-3-8-22/h1-18H,19-20H2,(H2,36,40)(H,38,39). The van der Waals surface area contributed by atoms with Crippen LogP contribution in [0.15, 0.2) is 109 Å². The predicted molar refractivity (Wildman–Crippen MR) is 163 cm³/mol. The molecule has 0 saturated carbocycles. The van der Waals surface area contributed by atoms with E-state index in [2.05, 4.69) is 34.9 Å². The first-order valence-corrected chi connectivity index (χ1v) is 13.4. The van der Waals surface area contributed by atoms with Crippen molar-refractivity contribution in [3.05, 3.63) is 125 Å². The number of carbonyl (C=O) groups excluding carboxylic acids is 1. The normalized spacial score (nSPS) is 11.1. The molecule has 0 aliphatic rings. The Morgan fingerprint density at radius 2 is 1.44 bits per heavy atom. The maximum absolute atomic E-state index is 12.6. The number of fused-ring (bicyclic) bond motifs is 3. The van der Waals surface area contributed by atoms with Crippen molar-refractivity contribution in [2.45, 2.75) is 6.54 Å². The minimum atomic E-state index is -1.10. The lowest BCUT2D eigenvalue weighted by atomic mass is 10.0. The number of rotatable bonds is 8. The lowest BCUT2D eigenvalue weighted by molar-refractivity contribution is -0.139. The van der Waals surface area contributed by atoms with Gasteiger partial charge in [-0.15, -0.1) is 0 Å². The molecule has 0 aliphatic carbocycles. The lowest BCUT2D eigenvalue weighted by Gasteiger charge is -2.13. The van der Waals surface area contributed by atoms with Gasteiger partial charge in [-0.05, 0) is 70.3 Å². The summed E-state index contributed by atoms with van der Waals surface area (Å²) >= 11 is 6.15. The second kappa shape index (κ2) is 10.8. The van der Waals surface area contributed by atoms with Crippen molar-refractivity contribution >= 4 is 45.3 Å². The Balaban J connectivity index is 1.62. The molecule has 202 valence electrons. The van der Waals surface area contributed by atoms with Gasteiger partial charge in [0.1, 0.15) is 5.75 Å². The van der Waals surface area contributed by atoms with Gasteiger partial charge in [0.2, 0.25) is 5.91 Å². The number of ether oxygens (including phenoxy) is 1. The lowest BCUT2D eigenvalue weighted by Crippen LogP contribution is -2.11. The molecular formula is C34H25ClN2O4. The van der Waals surface area contributed by atoms with E-state index in [1.54, 1.807) is 30.3 Å². The van der Waals surface area contributed by atoms with Crippen LogP contribution >= 0.6 is 11.6 Å². The molecule has 7 heteroatoms. The third kappa shape index (κ3) is 5.13. The smallest absolute Gasteiger partial charge is 0.341 e. The summed E-state index contributed by atoms with van der Waals surface area (Å²) in [6, 6.07) is 35.1. The Labute approximate surface area is 241 Å². The van der Waals surface area contributed by atoms with Gasteiger partial charge >= 0.3 is 5.97 Å². The molecule has 3 N–H and O–H groups in total. The first kappa shape index (κ1) is 26.2. The number of aromatic nitrogens is 1. The second-order valence-electron chi connectivity index (χ2n) is 9.77. The number of nitrogens with zero attached hydrogens (tertiary/aromatic N) is 1. The third-order valence-corrected chi connectivity index (χ3v) is 7.38. The van der Waals surface area contributed by atoms with E-state index in [0.717, 1.165) is 38.9 Å². The molecule has 0 atom stereocenters. The van der Waals surface area contributed by atoms with Crippen LogP contribution in [0.5, 0.6) is 5.75 Å². The Morgan fingerprint density at radius 1 is 0.732 bits per heavy atom. The Kier molecular flexibility index (Phi) is 6.91. The topological polar surface area (TPSA) is 94.6 Å². The molecule has 1 amide bonds. The largest absolute Gasteiger partial charge is 0.481 e. The van der Waals surface area contributed by atoms with Gasteiger partial charge in [-0.2, -0.15) is 0 Å². The van der Waals surface area contributed by atoms with Crippen LogP contribution < -0.4 is 10.5 Å². The summed E-state index contributed by atoms with van der Waals surface area (Å²) in [7, 11) is 0. The summed E-state index contributed by atoms with van der Waals surface area (Å²) in [5.74, 6) is -1.33. The summed E-state index contributed by atoms with van der Waals surface area (Å²) in [6.07, 6.45) is 0. The minimum absolute atomic E-state index is 0.337. The molecule has 41 heavy (non-hydrogen) atoms. The van der Waals surface area contributed by atoms with Gasteiger partial charge in [0.25, 0.3) is 0 Å². The van der Waals surface area contributed by atoms with Crippen LogP contribution in [0, 0.1) is 0 Å². The van der Waals surface area contributed by atoms with Crippen molar-refractivity contribution in [3.8, 4) is 28.0 Å². The SMILES string of the molecule is NC(=O)c1cccc2c1c1c(OCC(=O)O)cc(-c3ccc(Cl)cc3)cc1n2Cc1cccc(-c2ccccc2)c1. The van der Waals surface area contributed by atoms with Crippen LogP contribution in [-0.2, 0) is 11.3 Å². The molecule has 0 aliphatic heterocycles. The predicted octanol–water partition coefficient (Wildman–Crippen LogP) is 7.39. The highest BCUT2D eigenvalue weighted by molar-refractivity contribution is 6.30. The summed E-state index contributed by atoms with van der Waals surface area (Å²) in [4.78, 5) is 24.1. The quantitative estimate of drug-likeness (QED) is 0.203. The molecule has 6 aromatic rings. The maximum Gasteiger partial charge on any atom is 0.341 e. The number of hydrogen-bond donors (Lipinski definition) is 2. The van der Waals surface area contributed by atoms with Crippen LogP contribution in [0.4, 0.5) is 0 Å². The number of halogens is 1. The van der Waals surface area contributed by atoms with Crippen LogP contribution in [0.2, 0.25) is 5.02 Å². The molecule has 0 spiro atoms. The number of aliphatic carboxylic acids is 1. The zero-order valence-corrected chi connectivity index (χ0v) is 22.6. The number of primary amides is 1. The van der Waals surface area contributed by atoms with Crippen molar-refractivity contribution in [2.75, 3.05) is 6.61 Å². The van der Waals surface area contributed by atoms with Crippen molar-refractivity contribution in [3.63, 3.8) is 0 Å². The number of amides is 1. The van der Waals surface area contributed by atoms with E-state index in [1.807, 2.05) is 48.5 Å². The van der Waals surface area contributed by atoms with Gasteiger partial charge in [-0.1, -0.05) is 78.3 Å². The fourth-order valence-corrected chi connectivity index (χ4v) is 5.45. The summed E-state index contributed by atoms with van der Waals surface area (Å²) in [6.45, 7) is -0.0466. The Bertz CT molecular complexity index is 1930. The minimum Gasteiger partial charge on any atom is -0.481 e. The first-order valence-electron chi connectivity index (χ1n) is 13.0. The van der Waals surface area contributed by atoms with Crippen LogP contribution in [0.3, 0.4) is 0 Å². The molecule has 5 aromatic carbocycles. The van der Waals surface area contributed by atoms with Crippen molar-refractivity contribution in [1.82, 2.24) is 4.57 Å². The van der Waals surface area contributed by atoms with Gasteiger partial charge in [0.05, 0.1) is 16.4 Å². The number of carboxylic acids is 1. The van der Waals surface area contributed by atoms with Crippen LogP contribution in [0.25, 0.3) is 44.1 Å². The first-order chi connectivity index (χ1) is 19.9. The zero-order chi connectivity index (χ0) is 28.5. The molecule has 1 aromatic heterocycles. The molecule has 0 saturated heterocycles. The van der Waals surface area contributed by atoms with Crippen molar-refractivity contribution in [2.24, 2.45) is 5.73 Å². The highest BCUT2D eigenvalue weighted by Gasteiger charge is 2.22. The molecule has 0 unspecified atom stereocenters. The summed E-state index contributed by atoms with van der Waals surface area (Å²) in [5.41, 5.74) is 12.7. The van der Waals surface area contributed by atoms with Crippen molar-refractivity contribution < 1.29 is 19.4 Å². The monoisotopic (exact) mass is 560 g/mol. The van der Waals surface area contributed by atoms with E-state index in [-0.39, 0.29) is 0 Å².